The van der Waals surface area contributed by atoms with Crippen LogP contribution < -0.4 is 0 Å². The Bertz CT molecular complexity index is 336. The first-order chi connectivity index (χ1) is 6.75. The Balaban J connectivity index is 2.03. The number of hydroxylamine groups is 2. The molecule has 0 saturated carbocycles. The van der Waals surface area contributed by atoms with Crippen molar-refractivity contribution in [1.29, 1.82) is 0 Å². The molecule has 4 heteroatoms. The maximum Gasteiger partial charge on any atom is 0.248 e. The van der Waals surface area contributed by atoms with Crippen molar-refractivity contribution in [2.45, 2.75) is 13.0 Å². The Kier molecular flexibility index (Phi) is 2.45. The van der Waals surface area contributed by atoms with Gasteiger partial charge in [0, 0.05) is 0 Å². The number of carbonyl (C=O) groups excluding carboxylic acids is 1. The summed E-state index contributed by atoms with van der Waals surface area (Å²) in [6.07, 6.45) is 0.432. The van der Waals surface area contributed by atoms with E-state index in [1.807, 2.05) is 0 Å². The van der Waals surface area contributed by atoms with Crippen LogP contribution in [0.25, 0.3) is 0 Å². The molecule has 1 aromatic carbocycles. The van der Waals surface area contributed by atoms with Crippen molar-refractivity contribution in [2.75, 3.05) is 6.61 Å². The quantitative estimate of drug-likeness (QED) is 0.715. The van der Waals surface area contributed by atoms with Gasteiger partial charge in [0.15, 0.2) is 0 Å². The molecule has 1 saturated heterocycles. The molecule has 0 bridgehead atoms. The second kappa shape index (κ2) is 3.75. The second-order valence-electron chi connectivity index (χ2n) is 3.14. The van der Waals surface area contributed by atoms with Crippen molar-refractivity contribution < 1.29 is 14.0 Å². The van der Waals surface area contributed by atoms with Gasteiger partial charge in [0.2, 0.25) is 5.91 Å². The molecule has 1 fully saturated rings. The van der Waals surface area contributed by atoms with E-state index >= 15 is 0 Å². The van der Waals surface area contributed by atoms with Crippen LogP contribution in [0.3, 0.4) is 0 Å². The van der Waals surface area contributed by atoms with Crippen molar-refractivity contribution in [3.63, 3.8) is 0 Å². The van der Waals surface area contributed by atoms with E-state index in [1.165, 1.54) is 17.2 Å². The van der Waals surface area contributed by atoms with Crippen molar-refractivity contribution in [3.05, 3.63) is 35.6 Å². The number of amides is 1. The highest BCUT2D eigenvalue weighted by Gasteiger charge is 2.21. The summed E-state index contributed by atoms with van der Waals surface area (Å²) >= 11 is 0. The first kappa shape index (κ1) is 9.15. The summed E-state index contributed by atoms with van der Waals surface area (Å²) in [5, 5.41) is 1.31. The Labute approximate surface area is 81.0 Å². The van der Waals surface area contributed by atoms with Gasteiger partial charge in [-0.15, -0.1) is 0 Å². The van der Waals surface area contributed by atoms with Crippen LogP contribution in [0, 0.1) is 5.82 Å². The Morgan fingerprint density at radius 2 is 2.07 bits per heavy atom. The van der Waals surface area contributed by atoms with Gasteiger partial charge in [0.05, 0.1) is 19.6 Å². The van der Waals surface area contributed by atoms with Gasteiger partial charge in [0.25, 0.3) is 0 Å². The fraction of sp³-hybridized carbons (Fsp3) is 0.300. The fourth-order valence-electron chi connectivity index (χ4n) is 1.33. The molecule has 0 radical (unpaired) electrons. The summed E-state index contributed by atoms with van der Waals surface area (Å²) in [7, 11) is 0. The van der Waals surface area contributed by atoms with Crippen LogP contribution in [0.4, 0.5) is 4.39 Å². The molecular formula is C10H10FNO2. The predicted octanol–water partition coefficient (Wildman–Crippen LogP) is 1.49. The zero-order chi connectivity index (χ0) is 9.97. The average Bonchev–Trinajstić information content (AvgIpc) is 2.56. The molecule has 0 unspecified atom stereocenters. The van der Waals surface area contributed by atoms with Crippen LogP contribution in [-0.4, -0.2) is 17.6 Å². The summed E-state index contributed by atoms with van der Waals surface area (Å²) in [6, 6.07) is 6.03. The molecule has 1 aliphatic rings. The highest BCUT2D eigenvalue weighted by Crippen LogP contribution is 2.12. The van der Waals surface area contributed by atoms with Gasteiger partial charge in [-0.05, 0) is 17.7 Å². The average molecular weight is 195 g/mol. The molecule has 0 aromatic heterocycles. The Morgan fingerprint density at radius 1 is 1.36 bits per heavy atom. The molecule has 0 N–H and O–H groups in total. The van der Waals surface area contributed by atoms with Crippen LogP contribution in [-0.2, 0) is 16.2 Å². The maximum atomic E-state index is 12.6. The lowest BCUT2D eigenvalue weighted by atomic mass is 10.2. The van der Waals surface area contributed by atoms with Crippen LogP contribution in [0.5, 0.6) is 0 Å². The number of hydrogen-bond acceptors (Lipinski definition) is 2. The zero-order valence-corrected chi connectivity index (χ0v) is 7.57. The minimum atomic E-state index is -0.276. The lowest BCUT2D eigenvalue weighted by Gasteiger charge is -2.13. The molecule has 2 rings (SSSR count). The van der Waals surface area contributed by atoms with E-state index in [1.54, 1.807) is 12.1 Å². The smallest absolute Gasteiger partial charge is 0.248 e. The van der Waals surface area contributed by atoms with Gasteiger partial charge < -0.3 is 0 Å². The van der Waals surface area contributed by atoms with Crippen molar-refractivity contribution in [1.82, 2.24) is 5.06 Å². The molecular weight excluding hydrogens is 185 g/mol. The molecule has 1 amide bonds. The number of halogens is 1. The highest BCUT2D eigenvalue weighted by molar-refractivity contribution is 5.76. The largest absolute Gasteiger partial charge is 0.272 e. The summed E-state index contributed by atoms with van der Waals surface area (Å²) < 4.78 is 12.6. The number of rotatable bonds is 2. The maximum absolute atomic E-state index is 12.6. The normalized spacial score (nSPS) is 16.4. The first-order valence-corrected chi connectivity index (χ1v) is 4.43. The topological polar surface area (TPSA) is 29.5 Å². The molecule has 1 aliphatic heterocycles. The van der Waals surface area contributed by atoms with Crippen molar-refractivity contribution in [2.24, 2.45) is 0 Å². The molecule has 1 aromatic rings. The van der Waals surface area contributed by atoms with Gasteiger partial charge in [-0.3, -0.25) is 9.63 Å². The SMILES string of the molecule is O=C1CCON1Cc1ccc(F)cc1. The minimum Gasteiger partial charge on any atom is -0.272 e. The summed E-state index contributed by atoms with van der Waals surface area (Å²) in [4.78, 5) is 16.3. The van der Waals surface area contributed by atoms with E-state index < -0.39 is 0 Å². The van der Waals surface area contributed by atoms with Crippen LogP contribution in [0.15, 0.2) is 24.3 Å². The van der Waals surface area contributed by atoms with Gasteiger partial charge >= 0.3 is 0 Å². The van der Waals surface area contributed by atoms with E-state index in [0.717, 1.165) is 5.56 Å². The van der Waals surface area contributed by atoms with E-state index in [0.29, 0.717) is 19.6 Å². The van der Waals surface area contributed by atoms with Gasteiger partial charge in [-0.1, -0.05) is 12.1 Å². The molecule has 0 spiro atoms. The van der Waals surface area contributed by atoms with Crippen LogP contribution in [0.2, 0.25) is 0 Å². The number of nitrogens with zero attached hydrogens (tertiary/aromatic N) is 1. The van der Waals surface area contributed by atoms with Crippen LogP contribution >= 0.6 is 0 Å². The summed E-state index contributed by atoms with van der Waals surface area (Å²) in [5.74, 6) is -0.295. The lowest BCUT2D eigenvalue weighted by molar-refractivity contribution is -0.164. The Hall–Kier alpha value is -1.42. The third kappa shape index (κ3) is 1.90. The van der Waals surface area contributed by atoms with E-state index in [2.05, 4.69) is 0 Å². The number of benzene rings is 1. The van der Waals surface area contributed by atoms with Crippen molar-refractivity contribution in [3.8, 4) is 0 Å². The van der Waals surface area contributed by atoms with E-state index in [4.69, 9.17) is 4.84 Å². The summed E-state index contributed by atoms with van der Waals surface area (Å²) in [6.45, 7) is 0.832. The molecule has 74 valence electrons. The Morgan fingerprint density at radius 3 is 2.64 bits per heavy atom. The molecule has 1 heterocycles. The van der Waals surface area contributed by atoms with Crippen LogP contribution in [0.1, 0.15) is 12.0 Å². The first-order valence-electron chi connectivity index (χ1n) is 4.43. The monoisotopic (exact) mass is 195 g/mol. The lowest BCUT2D eigenvalue weighted by Crippen LogP contribution is -2.22. The number of hydrogen-bond donors (Lipinski definition) is 0. The predicted molar refractivity (Wildman–Crippen MR) is 47.5 cm³/mol. The van der Waals surface area contributed by atoms with E-state index in [9.17, 15) is 9.18 Å². The third-order valence-electron chi connectivity index (χ3n) is 2.08. The highest BCUT2D eigenvalue weighted by atomic mass is 19.1. The van der Waals surface area contributed by atoms with Crippen molar-refractivity contribution >= 4 is 5.91 Å². The van der Waals surface area contributed by atoms with Gasteiger partial charge in [0.1, 0.15) is 5.82 Å². The number of carbonyl (C=O) groups is 1. The zero-order valence-electron chi connectivity index (χ0n) is 7.57. The summed E-state index contributed by atoms with van der Waals surface area (Å²) in [5.41, 5.74) is 0.863. The standard InChI is InChI=1S/C10H10FNO2/c11-9-3-1-8(2-4-9)7-12-10(13)5-6-14-12/h1-4H,5-7H2. The molecule has 14 heavy (non-hydrogen) atoms. The van der Waals surface area contributed by atoms with E-state index in [-0.39, 0.29) is 11.7 Å². The minimum absolute atomic E-state index is 0.0191. The van der Waals surface area contributed by atoms with Gasteiger partial charge in [-0.2, -0.15) is 0 Å². The molecule has 3 nitrogen and oxygen atoms in total. The third-order valence-corrected chi connectivity index (χ3v) is 2.08. The fourth-order valence-corrected chi connectivity index (χ4v) is 1.33. The second-order valence-corrected chi connectivity index (χ2v) is 3.14. The van der Waals surface area contributed by atoms with Gasteiger partial charge in [-0.25, -0.2) is 9.45 Å². The molecule has 0 aliphatic carbocycles. The molecule has 0 atom stereocenters.